The van der Waals surface area contributed by atoms with Crippen LogP contribution in [0.1, 0.15) is 16.7 Å². The van der Waals surface area contributed by atoms with Crippen molar-refractivity contribution in [3.63, 3.8) is 0 Å². The summed E-state index contributed by atoms with van der Waals surface area (Å²) >= 11 is 2.82. The number of amides is 1. The molecule has 1 heterocycles. The van der Waals surface area contributed by atoms with Crippen molar-refractivity contribution in [3.05, 3.63) is 29.8 Å². The Bertz CT molecular complexity index is 401. The van der Waals surface area contributed by atoms with E-state index in [-0.39, 0.29) is 5.91 Å². The highest BCUT2D eigenvalue weighted by Gasteiger charge is 2.11. The standard InChI is InChI=1S/C10H13N3OS2/c1-4-5-11-8(14)9-12-13-10(16-9)15-6-7(2)3/h4H,1-2,5-6H2,3H3,(H,11,14). The largest absolute Gasteiger partial charge is 0.346 e. The van der Waals surface area contributed by atoms with Gasteiger partial charge in [0.2, 0.25) is 5.01 Å². The van der Waals surface area contributed by atoms with Crippen LogP contribution >= 0.6 is 23.1 Å². The molecule has 6 heteroatoms. The summed E-state index contributed by atoms with van der Waals surface area (Å²) in [5.41, 5.74) is 1.07. The van der Waals surface area contributed by atoms with Crippen LogP contribution in [0.3, 0.4) is 0 Å². The van der Waals surface area contributed by atoms with Gasteiger partial charge in [-0.3, -0.25) is 4.79 Å². The van der Waals surface area contributed by atoms with Crippen molar-refractivity contribution < 1.29 is 4.79 Å². The zero-order chi connectivity index (χ0) is 12.0. The lowest BCUT2D eigenvalue weighted by Crippen LogP contribution is -2.22. The number of carbonyl (C=O) groups is 1. The Balaban J connectivity index is 2.53. The van der Waals surface area contributed by atoms with Gasteiger partial charge in [0.15, 0.2) is 4.34 Å². The van der Waals surface area contributed by atoms with E-state index in [4.69, 9.17) is 0 Å². The topological polar surface area (TPSA) is 54.9 Å². The number of nitrogens with zero attached hydrogens (tertiary/aromatic N) is 2. The molecule has 1 rings (SSSR count). The van der Waals surface area contributed by atoms with Crippen LogP contribution in [0, 0.1) is 0 Å². The van der Waals surface area contributed by atoms with Gasteiger partial charge in [-0.15, -0.1) is 16.8 Å². The third kappa shape index (κ3) is 4.16. The minimum Gasteiger partial charge on any atom is -0.346 e. The van der Waals surface area contributed by atoms with Gasteiger partial charge in [-0.05, 0) is 6.92 Å². The molecule has 16 heavy (non-hydrogen) atoms. The van der Waals surface area contributed by atoms with E-state index in [1.54, 1.807) is 6.08 Å². The van der Waals surface area contributed by atoms with E-state index < -0.39 is 0 Å². The smallest absolute Gasteiger partial charge is 0.282 e. The quantitative estimate of drug-likeness (QED) is 0.625. The van der Waals surface area contributed by atoms with Crippen molar-refractivity contribution in [2.24, 2.45) is 0 Å². The lowest BCUT2D eigenvalue weighted by Gasteiger charge is -1.95. The SMILES string of the molecule is C=CCNC(=O)c1nnc(SCC(=C)C)s1. The summed E-state index contributed by atoms with van der Waals surface area (Å²) in [6.45, 7) is 9.70. The molecule has 0 atom stereocenters. The molecule has 0 radical (unpaired) electrons. The normalized spacial score (nSPS) is 9.81. The molecule has 0 fully saturated rings. The molecular weight excluding hydrogens is 242 g/mol. The molecule has 0 bridgehead atoms. The summed E-state index contributed by atoms with van der Waals surface area (Å²) in [7, 11) is 0. The molecule has 0 aromatic carbocycles. The van der Waals surface area contributed by atoms with Gasteiger partial charge in [0, 0.05) is 12.3 Å². The molecule has 0 aliphatic rings. The molecule has 0 saturated carbocycles. The monoisotopic (exact) mass is 255 g/mol. The first-order chi connectivity index (χ1) is 7.63. The molecule has 86 valence electrons. The number of hydrogen-bond acceptors (Lipinski definition) is 5. The van der Waals surface area contributed by atoms with Crippen LogP contribution < -0.4 is 5.32 Å². The molecule has 1 amide bonds. The lowest BCUT2D eigenvalue weighted by atomic mass is 10.4. The van der Waals surface area contributed by atoms with Crippen molar-refractivity contribution in [3.8, 4) is 0 Å². The van der Waals surface area contributed by atoms with E-state index in [0.29, 0.717) is 11.6 Å². The number of aromatic nitrogens is 2. The average Bonchev–Trinajstić information content (AvgIpc) is 2.71. The molecule has 0 spiro atoms. The van der Waals surface area contributed by atoms with Crippen LogP contribution in [0.5, 0.6) is 0 Å². The van der Waals surface area contributed by atoms with Crippen molar-refractivity contribution in [2.45, 2.75) is 11.3 Å². The molecule has 1 aromatic rings. The maximum atomic E-state index is 11.5. The van der Waals surface area contributed by atoms with E-state index in [0.717, 1.165) is 15.7 Å². The van der Waals surface area contributed by atoms with Crippen LogP contribution in [0.15, 0.2) is 29.1 Å². The lowest BCUT2D eigenvalue weighted by molar-refractivity contribution is 0.0957. The first-order valence-electron chi connectivity index (χ1n) is 4.63. The van der Waals surface area contributed by atoms with Crippen molar-refractivity contribution in [2.75, 3.05) is 12.3 Å². The zero-order valence-electron chi connectivity index (χ0n) is 9.02. The highest BCUT2D eigenvalue weighted by molar-refractivity contribution is 8.01. The average molecular weight is 255 g/mol. The van der Waals surface area contributed by atoms with Gasteiger partial charge in [-0.25, -0.2) is 0 Å². The Kier molecular flexibility index (Phi) is 5.21. The minimum absolute atomic E-state index is 0.209. The Morgan fingerprint density at radius 2 is 2.38 bits per heavy atom. The van der Waals surface area contributed by atoms with Crippen LogP contribution in [0.4, 0.5) is 0 Å². The third-order valence-electron chi connectivity index (χ3n) is 1.45. The molecule has 0 aliphatic heterocycles. The fourth-order valence-electron chi connectivity index (χ4n) is 0.785. The summed E-state index contributed by atoms with van der Waals surface area (Å²) in [6, 6.07) is 0. The van der Waals surface area contributed by atoms with Crippen molar-refractivity contribution in [1.29, 1.82) is 0 Å². The predicted octanol–water partition coefficient (Wildman–Crippen LogP) is 2.12. The fraction of sp³-hybridized carbons (Fsp3) is 0.300. The maximum absolute atomic E-state index is 11.5. The van der Waals surface area contributed by atoms with Crippen molar-refractivity contribution >= 4 is 29.0 Å². The zero-order valence-corrected chi connectivity index (χ0v) is 10.7. The van der Waals surface area contributed by atoms with Gasteiger partial charge in [0.05, 0.1) is 0 Å². The molecule has 1 N–H and O–H groups in total. The van der Waals surface area contributed by atoms with Crippen LogP contribution in [-0.4, -0.2) is 28.4 Å². The molecule has 0 aliphatic carbocycles. The van der Waals surface area contributed by atoms with Crippen LogP contribution in [0.2, 0.25) is 0 Å². The van der Waals surface area contributed by atoms with Crippen molar-refractivity contribution in [1.82, 2.24) is 15.5 Å². The fourth-order valence-corrected chi connectivity index (χ4v) is 2.40. The Labute approximate surface area is 103 Å². The van der Waals surface area contributed by atoms with E-state index in [2.05, 4.69) is 28.7 Å². The van der Waals surface area contributed by atoms with E-state index in [1.807, 2.05) is 6.92 Å². The Morgan fingerprint density at radius 3 is 3.00 bits per heavy atom. The van der Waals surface area contributed by atoms with Gasteiger partial charge in [0.25, 0.3) is 5.91 Å². The number of hydrogen-bond donors (Lipinski definition) is 1. The second-order valence-electron chi connectivity index (χ2n) is 3.12. The van der Waals surface area contributed by atoms with Crippen LogP contribution in [-0.2, 0) is 0 Å². The molecule has 0 unspecified atom stereocenters. The maximum Gasteiger partial charge on any atom is 0.282 e. The second-order valence-corrected chi connectivity index (χ2v) is 5.32. The Hall–Kier alpha value is -1.14. The van der Waals surface area contributed by atoms with Gasteiger partial charge in [0.1, 0.15) is 0 Å². The number of nitrogens with one attached hydrogen (secondary N) is 1. The molecule has 0 saturated heterocycles. The number of thioether (sulfide) groups is 1. The number of carbonyl (C=O) groups excluding carboxylic acids is 1. The summed E-state index contributed by atoms with van der Waals surface area (Å²) in [4.78, 5) is 11.5. The summed E-state index contributed by atoms with van der Waals surface area (Å²) in [6.07, 6.45) is 1.62. The van der Waals surface area contributed by atoms with E-state index in [9.17, 15) is 4.79 Å². The second kappa shape index (κ2) is 6.44. The van der Waals surface area contributed by atoms with Crippen LogP contribution in [0.25, 0.3) is 0 Å². The third-order valence-corrected chi connectivity index (χ3v) is 3.74. The summed E-state index contributed by atoms with van der Waals surface area (Å²) in [5.74, 6) is 0.586. The number of rotatable bonds is 6. The van der Waals surface area contributed by atoms with E-state index >= 15 is 0 Å². The first-order valence-corrected chi connectivity index (χ1v) is 6.43. The van der Waals surface area contributed by atoms with Gasteiger partial charge in [-0.2, -0.15) is 0 Å². The highest BCUT2D eigenvalue weighted by atomic mass is 32.2. The van der Waals surface area contributed by atoms with Gasteiger partial charge >= 0.3 is 0 Å². The summed E-state index contributed by atoms with van der Waals surface area (Å²) < 4.78 is 0.784. The molecular formula is C10H13N3OS2. The molecule has 1 aromatic heterocycles. The predicted molar refractivity (Wildman–Crippen MR) is 68.0 cm³/mol. The Morgan fingerprint density at radius 1 is 1.62 bits per heavy atom. The van der Waals surface area contributed by atoms with E-state index in [1.165, 1.54) is 23.1 Å². The van der Waals surface area contributed by atoms with Gasteiger partial charge in [-0.1, -0.05) is 41.3 Å². The highest BCUT2D eigenvalue weighted by Crippen LogP contribution is 2.23. The first kappa shape index (κ1) is 12.9. The summed E-state index contributed by atoms with van der Waals surface area (Å²) in [5, 5.41) is 10.8. The molecule has 4 nitrogen and oxygen atoms in total. The minimum atomic E-state index is -0.209. The van der Waals surface area contributed by atoms with Gasteiger partial charge < -0.3 is 5.32 Å².